The van der Waals surface area contributed by atoms with Gasteiger partial charge in [0.1, 0.15) is 0 Å². The first-order valence-electron chi connectivity index (χ1n) is 6.17. The number of rotatable bonds is 2. The van der Waals surface area contributed by atoms with Crippen molar-refractivity contribution in [3.05, 3.63) is 29.3 Å². The van der Waals surface area contributed by atoms with Crippen LogP contribution in [0.4, 0.5) is 5.69 Å². The van der Waals surface area contributed by atoms with Gasteiger partial charge in [-0.15, -0.1) is 0 Å². The highest BCUT2D eigenvalue weighted by molar-refractivity contribution is 5.48. The molecule has 1 aromatic carbocycles. The van der Waals surface area contributed by atoms with Crippen LogP contribution < -0.4 is 5.32 Å². The van der Waals surface area contributed by atoms with Crippen molar-refractivity contribution in [1.29, 1.82) is 0 Å². The predicted octanol–water partition coefficient (Wildman–Crippen LogP) is 3.02. The molecular formula is C14H21NO. The molecule has 0 bridgehead atoms. The van der Waals surface area contributed by atoms with Gasteiger partial charge in [-0.25, -0.2) is 0 Å². The van der Waals surface area contributed by atoms with E-state index < -0.39 is 0 Å². The number of aliphatic hydroxyl groups is 1. The minimum atomic E-state index is -0.0715. The average molecular weight is 219 g/mol. The van der Waals surface area contributed by atoms with Crippen LogP contribution in [0.5, 0.6) is 0 Å². The Morgan fingerprint density at radius 2 is 1.75 bits per heavy atom. The van der Waals surface area contributed by atoms with Crippen LogP contribution in [0.25, 0.3) is 0 Å². The summed E-state index contributed by atoms with van der Waals surface area (Å²) in [5, 5.41) is 13.0. The third-order valence-corrected chi connectivity index (χ3v) is 3.57. The van der Waals surface area contributed by atoms with Gasteiger partial charge in [0.05, 0.1) is 6.10 Å². The molecule has 0 saturated heterocycles. The quantitative estimate of drug-likeness (QED) is 0.801. The van der Waals surface area contributed by atoms with Crippen molar-refractivity contribution >= 4 is 5.69 Å². The lowest BCUT2D eigenvalue weighted by Crippen LogP contribution is -2.28. The summed E-state index contributed by atoms with van der Waals surface area (Å²) in [7, 11) is 0. The van der Waals surface area contributed by atoms with E-state index >= 15 is 0 Å². The second-order valence-corrected chi connectivity index (χ2v) is 4.95. The van der Waals surface area contributed by atoms with Crippen LogP contribution in [0, 0.1) is 13.8 Å². The highest BCUT2D eigenvalue weighted by Gasteiger charge is 2.18. The smallest absolute Gasteiger partial charge is 0.0541 e. The van der Waals surface area contributed by atoms with Crippen LogP contribution in [0.15, 0.2) is 18.2 Å². The number of aryl methyl sites for hydroxylation is 2. The molecule has 2 heteroatoms. The fraction of sp³-hybridized carbons (Fsp3) is 0.571. The maximum Gasteiger partial charge on any atom is 0.0541 e. The van der Waals surface area contributed by atoms with Crippen molar-refractivity contribution < 1.29 is 5.11 Å². The Morgan fingerprint density at radius 3 is 2.38 bits per heavy atom. The van der Waals surface area contributed by atoms with Crippen LogP contribution in [0.2, 0.25) is 0 Å². The first kappa shape index (κ1) is 11.5. The molecule has 1 aliphatic carbocycles. The molecule has 2 N–H and O–H groups in total. The van der Waals surface area contributed by atoms with Crippen molar-refractivity contribution in [1.82, 2.24) is 0 Å². The Balaban J connectivity index is 1.96. The van der Waals surface area contributed by atoms with E-state index in [9.17, 15) is 5.11 Å². The molecule has 0 aromatic heterocycles. The zero-order valence-corrected chi connectivity index (χ0v) is 10.2. The zero-order valence-electron chi connectivity index (χ0n) is 10.2. The minimum absolute atomic E-state index is 0.0715. The number of aliphatic hydroxyl groups excluding tert-OH is 1. The number of hydrogen-bond donors (Lipinski definition) is 2. The summed E-state index contributed by atoms with van der Waals surface area (Å²) in [6.07, 6.45) is 3.95. The van der Waals surface area contributed by atoms with Crippen LogP contribution in [0.1, 0.15) is 36.8 Å². The lowest BCUT2D eigenvalue weighted by molar-refractivity contribution is 0.126. The summed E-state index contributed by atoms with van der Waals surface area (Å²) in [5.41, 5.74) is 3.88. The van der Waals surface area contributed by atoms with Gasteiger partial charge in [0.25, 0.3) is 0 Å². The fourth-order valence-electron chi connectivity index (χ4n) is 2.29. The van der Waals surface area contributed by atoms with Crippen LogP contribution in [0.3, 0.4) is 0 Å². The molecule has 2 rings (SSSR count). The summed E-state index contributed by atoms with van der Waals surface area (Å²) < 4.78 is 0. The highest BCUT2D eigenvalue weighted by atomic mass is 16.3. The Labute approximate surface area is 97.7 Å². The number of anilines is 1. The average Bonchev–Trinajstić information content (AvgIpc) is 2.27. The van der Waals surface area contributed by atoms with Crippen molar-refractivity contribution in [2.75, 3.05) is 5.32 Å². The Hall–Kier alpha value is -1.02. The van der Waals surface area contributed by atoms with Gasteiger partial charge in [-0.2, -0.15) is 0 Å². The summed E-state index contributed by atoms with van der Waals surface area (Å²) in [5.74, 6) is 0. The van der Waals surface area contributed by atoms with E-state index in [4.69, 9.17) is 0 Å². The van der Waals surface area contributed by atoms with Gasteiger partial charge in [-0.3, -0.25) is 0 Å². The van der Waals surface area contributed by atoms with Gasteiger partial charge in [-0.1, -0.05) is 6.07 Å². The van der Waals surface area contributed by atoms with E-state index in [1.807, 2.05) is 0 Å². The van der Waals surface area contributed by atoms with E-state index in [1.54, 1.807) is 0 Å². The topological polar surface area (TPSA) is 32.3 Å². The zero-order chi connectivity index (χ0) is 11.5. The standard InChI is InChI=1S/C14H21NO/c1-10-3-4-13(9-11(10)2)15-12-5-7-14(16)8-6-12/h3-4,9,12,14-16H,5-8H2,1-2H3. The molecule has 1 aliphatic rings. The molecular weight excluding hydrogens is 198 g/mol. The second kappa shape index (κ2) is 4.88. The first-order valence-corrected chi connectivity index (χ1v) is 6.17. The molecule has 0 unspecified atom stereocenters. The molecule has 16 heavy (non-hydrogen) atoms. The lowest BCUT2D eigenvalue weighted by atomic mass is 9.93. The van der Waals surface area contributed by atoms with E-state index in [-0.39, 0.29) is 6.10 Å². The minimum Gasteiger partial charge on any atom is -0.393 e. The SMILES string of the molecule is Cc1ccc(NC2CCC(O)CC2)cc1C. The number of hydrogen-bond acceptors (Lipinski definition) is 2. The lowest BCUT2D eigenvalue weighted by Gasteiger charge is -2.27. The Kier molecular flexibility index (Phi) is 3.49. The summed E-state index contributed by atoms with van der Waals surface area (Å²) in [6, 6.07) is 7.05. The van der Waals surface area contributed by atoms with Crippen LogP contribution in [-0.4, -0.2) is 17.3 Å². The fourth-order valence-corrected chi connectivity index (χ4v) is 2.29. The van der Waals surface area contributed by atoms with Gasteiger partial charge in [0, 0.05) is 11.7 Å². The molecule has 0 radical (unpaired) electrons. The van der Waals surface area contributed by atoms with Gasteiger partial charge < -0.3 is 10.4 Å². The van der Waals surface area contributed by atoms with E-state index in [1.165, 1.54) is 16.8 Å². The molecule has 0 aliphatic heterocycles. The molecule has 2 nitrogen and oxygen atoms in total. The van der Waals surface area contributed by atoms with Crippen molar-refractivity contribution in [2.45, 2.75) is 51.7 Å². The van der Waals surface area contributed by atoms with Gasteiger partial charge in [-0.05, 0) is 62.8 Å². The molecule has 1 aromatic rings. The number of benzene rings is 1. The predicted molar refractivity (Wildman–Crippen MR) is 67.8 cm³/mol. The summed E-state index contributed by atoms with van der Waals surface area (Å²) >= 11 is 0. The van der Waals surface area contributed by atoms with Gasteiger partial charge in [0.15, 0.2) is 0 Å². The summed E-state index contributed by atoms with van der Waals surface area (Å²) in [6.45, 7) is 4.28. The monoisotopic (exact) mass is 219 g/mol. The van der Waals surface area contributed by atoms with E-state index in [0.717, 1.165) is 25.7 Å². The second-order valence-electron chi connectivity index (χ2n) is 4.95. The molecule has 1 saturated carbocycles. The molecule has 0 spiro atoms. The molecule has 0 heterocycles. The van der Waals surface area contributed by atoms with Crippen molar-refractivity contribution in [3.8, 4) is 0 Å². The Bertz CT molecular complexity index is 354. The third kappa shape index (κ3) is 2.76. The molecule has 0 atom stereocenters. The Morgan fingerprint density at radius 1 is 1.06 bits per heavy atom. The molecule has 88 valence electrons. The summed E-state index contributed by atoms with van der Waals surface area (Å²) in [4.78, 5) is 0. The van der Waals surface area contributed by atoms with E-state index in [2.05, 4.69) is 37.4 Å². The third-order valence-electron chi connectivity index (χ3n) is 3.57. The van der Waals surface area contributed by atoms with Crippen molar-refractivity contribution in [2.24, 2.45) is 0 Å². The van der Waals surface area contributed by atoms with Gasteiger partial charge >= 0.3 is 0 Å². The van der Waals surface area contributed by atoms with Gasteiger partial charge in [0.2, 0.25) is 0 Å². The largest absolute Gasteiger partial charge is 0.393 e. The van der Waals surface area contributed by atoms with Crippen LogP contribution >= 0.6 is 0 Å². The van der Waals surface area contributed by atoms with Crippen LogP contribution in [-0.2, 0) is 0 Å². The maximum absolute atomic E-state index is 9.45. The van der Waals surface area contributed by atoms with Crippen molar-refractivity contribution in [3.63, 3.8) is 0 Å². The molecule has 1 fully saturated rings. The molecule has 0 amide bonds. The van der Waals surface area contributed by atoms with E-state index in [0.29, 0.717) is 6.04 Å². The highest BCUT2D eigenvalue weighted by Crippen LogP contribution is 2.23. The normalized spacial score (nSPS) is 25.4. The first-order chi connectivity index (χ1) is 7.65. The maximum atomic E-state index is 9.45. The number of nitrogens with one attached hydrogen (secondary N) is 1.